The van der Waals surface area contributed by atoms with Gasteiger partial charge in [-0.3, -0.25) is 29.0 Å². The van der Waals surface area contributed by atoms with E-state index >= 15 is 0 Å². The van der Waals surface area contributed by atoms with Gasteiger partial charge in [0.15, 0.2) is 21.2 Å². The number of methoxy groups -OCH3 is 1. The summed E-state index contributed by atoms with van der Waals surface area (Å²) in [7, 11) is -0.450. The van der Waals surface area contributed by atoms with E-state index in [1.165, 1.54) is 37.4 Å². The van der Waals surface area contributed by atoms with Crippen molar-refractivity contribution >= 4 is 97.0 Å². The lowest BCUT2D eigenvalue weighted by atomic mass is 9.56. The number of carbonyl (C=O) groups is 4. The van der Waals surface area contributed by atoms with E-state index < -0.39 is 64.2 Å². The number of rotatable bonds is 5. The van der Waals surface area contributed by atoms with Gasteiger partial charge in [-0.15, -0.1) is 23.2 Å². The first-order valence-corrected chi connectivity index (χ1v) is 15.9. The molecule has 6 rings (SSSR count). The van der Waals surface area contributed by atoms with Crippen LogP contribution in [0.15, 0.2) is 52.5 Å². The van der Waals surface area contributed by atoms with Gasteiger partial charge in [0, 0.05) is 16.0 Å². The minimum Gasteiger partial charge on any atom is -0.504 e. The number of ether oxygens (including phenoxy) is 1. The Morgan fingerprint density at radius 1 is 1.07 bits per heavy atom. The summed E-state index contributed by atoms with van der Waals surface area (Å²) in [5, 5.41) is 30.6. The molecule has 0 aromatic heterocycles. The molecular weight excluding hydrogens is 734 g/mol. The molecule has 1 saturated carbocycles. The van der Waals surface area contributed by atoms with Crippen LogP contribution < -0.4 is 15.1 Å². The number of imide groups is 2. The number of benzene rings is 2. The van der Waals surface area contributed by atoms with Gasteiger partial charge in [0.2, 0.25) is 11.8 Å². The van der Waals surface area contributed by atoms with Gasteiger partial charge in [-0.05, 0) is 48.5 Å². The van der Waals surface area contributed by atoms with E-state index in [0.717, 1.165) is 9.80 Å². The second kappa shape index (κ2) is 10.6. The highest BCUT2D eigenvalue weighted by molar-refractivity contribution is 9.10. The van der Waals surface area contributed by atoms with Crippen molar-refractivity contribution < 1.29 is 39.1 Å². The van der Waals surface area contributed by atoms with E-state index in [0.29, 0.717) is 10.0 Å². The van der Waals surface area contributed by atoms with E-state index in [-0.39, 0.29) is 46.5 Å². The Labute approximate surface area is 273 Å². The number of fused-ring (bicyclic) bond motifs is 4. The summed E-state index contributed by atoms with van der Waals surface area (Å²) < 4.78 is 5.85. The first-order chi connectivity index (χ1) is 20.3. The number of nitrogens with zero attached hydrogens (tertiary/aromatic N) is 2. The highest BCUT2D eigenvalue weighted by Gasteiger charge is 2.76. The third kappa shape index (κ3) is 4.11. The maximum absolute atomic E-state index is 14.1. The number of alkyl halides is 3. The van der Waals surface area contributed by atoms with Gasteiger partial charge in [-0.1, -0.05) is 55.6 Å². The predicted molar refractivity (Wildman–Crippen MR) is 164 cm³/mol. The lowest BCUT2D eigenvalue weighted by molar-refractivity contribution is -0.138. The monoisotopic (exact) mass is 754 g/mol. The molecule has 10 nitrogen and oxygen atoms in total. The molecule has 0 spiro atoms. The highest BCUT2D eigenvalue weighted by atomic mass is 79.9. The molecule has 0 radical (unpaired) electrons. The van der Waals surface area contributed by atoms with E-state index in [1.807, 2.05) is 0 Å². The van der Waals surface area contributed by atoms with E-state index in [4.69, 9.17) is 27.9 Å². The second-order valence-electron chi connectivity index (χ2n) is 11.0. The molecular formula is C28H23BBr2Cl2N2O8. The number of hydrogen-bond donors (Lipinski definition) is 3. The van der Waals surface area contributed by atoms with Crippen molar-refractivity contribution in [3.05, 3.63) is 58.1 Å². The van der Waals surface area contributed by atoms with Gasteiger partial charge in [-0.2, -0.15) is 0 Å². The lowest BCUT2D eigenvalue weighted by Crippen LogP contribution is -2.60. The number of allylic oxidation sites excluding steroid dienone is 2. The SMILES string of the molecule is COc1cc(Br)cc([C@H]2C3=CC[C@@H]4C(=O)N(c5cccc(B(O)O)c5)C(=O)[C@@H]4[C@@H]3C[C@@]3(Cl)C(=O)N(CBr)C(=O)[C@@]23Cl)c1O. The minimum atomic E-state index is -2.09. The highest BCUT2D eigenvalue weighted by Crippen LogP contribution is 2.66. The maximum Gasteiger partial charge on any atom is 0.488 e. The van der Waals surface area contributed by atoms with Gasteiger partial charge in [0.05, 0.1) is 30.1 Å². The number of phenols is 1. The molecule has 2 aliphatic heterocycles. The number of likely N-dealkylation sites (tertiary alicyclic amines) is 1. The molecule has 6 atom stereocenters. The fraction of sp³-hybridized carbons (Fsp3) is 0.357. The molecule has 2 heterocycles. The zero-order valence-corrected chi connectivity index (χ0v) is 27.0. The average molecular weight is 757 g/mol. The summed E-state index contributed by atoms with van der Waals surface area (Å²) in [5.74, 6) is -6.54. The molecule has 4 aliphatic rings. The van der Waals surface area contributed by atoms with Crippen LogP contribution in [0.1, 0.15) is 24.3 Å². The van der Waals surface area contributed by atoms with Crippen LogP contribution in [0.4, 0.5) is 5.69 Å². The Hall–Kier alpha value is -2.42. The Kier molecular flexibility index (Phi) is 7.54. The zero-order chi connectivity index (χ0) is 31.2. The molecule has 0 unspecified atom stereocenters. The van der Waals surface area contributed by atoms with Crippen LogP contribution in [-0.2, 0) is 19.2 Å². The molecule has 3 fully saturated rings. The van der Waals surface area contributed by atoms with Crippen molar-refractivity contribution in [2.75, 3.05) is 17.5 Å². The van der Waals surface area contributed by atoms with Crippen molar-refractivity contribution in [3.8, 4) is 11.5 Å². The smallest absolute Gasteiger partial charge is 0.488 e. The molecule has 2 saturated heterocycles. The molecule has 0 bridgehead atoms. The van der Waals surface area contributed by atoms with Crippen molar-refractivity contribution in [1.29, 1.82) is 0 Å². The molecule has 15 heteroatoms. The lowest BCUT2D eigenvalue weighted by Gasteiger charge is -2.50. The molecule has 43 heavy (non-hydrogen) atoms. The van der Waals surface area contributed by atoms with Gasteiger partial charge in [0.25, 0.3) is 11.8 Å². The summed E-state index contributed by atoms with van der Waals surface area (Å²) in [5.41, 5.74) is 0.755. The quantitative estimate of drug-likeness (QED) is 0.139. The summed E-state index contributed by atoms with van der Waals surface area (Å²) in [6, 6.07) is 8.91. The Bertz CT molecular complexity index is 1640. The van der Waals surface area contributed by atoms with Crippen LogP contribution in [0.5, 0.6) is 11.5 Å². The number of aromatic hydroxyl groups is 1. The number of carbonyl (C=O) groups excluding carboxylic acids is 4. The van der Waals surface area contributed by atoms with Gasteiger partial charge >= 0.3 is 7.12 Å². The maximum atomic E-state index is 14.1. The molecule has 4 amide bonds. The number of hydrogen-bond acceptors (Lipinski definition) is 8. The Morgan fingerprint density at radius 2 is 1.79 bits per heavy atom. The predicted octanol–water partition coefficient (Wildman–Crippen LogP) is 2.76. The fourth-order valence-electron chi connectivity index (χ4n) is 7.15. The van der Waals surface area contributed by atoms with E-state index in [2.05, 4.69) is 31.9 Å². The standard InChI is InChI=1S/C28H23BBr2Cl2N2O8/c1-43-19-9-13(31)8-17(22(19)36)21-15-5-6-16-20(18(15)10-27(32)25(39)34(11-30)26(40)28(21,27)33)24(38)35(23(16)37)14-4-2-3-12(7-14)29(41)42/h2-5,7-9,16,18,20-21,36,41-42H,6,10-11H2,1H3/t16-,18+,20-,21+,27+,28-/m0/s1. The molecule has 2 aliphatic carbocycles. The summed E-state index contributed by atoms with van der Waals surface area (Å²) in [4.78, 5) is 53.4. The van der Waals surface area contributed by atoms with Crippen LogP contribution in [0.3, 0.4) is 0 Å². The van der Waals surface area contributed by atoms with Crippen LogP contribution >= 0.6 is 55.1 Å². The number of amides is 4. The topological polar surface area (TPSA) is 145 Å². The number of anilines is 1. The molecule has 2 aromatic rings. The summed E-state index contributed by atoms with van der Waals surface area (Å²) >= 11 is 21.0. The Morgan fingerprint density at radius 3 is 2.44 bits per heavy atom. The van der Waals surface area contributed by atoms with Crippen molar-refractivity contribution in [1.82, 2.24) is 4.90 Å². The first-order valence-electron chi connectivity index (χ1n) is 13.2. The van der Waals surface area contributed by atoms with Crippen LogP contribution in [0.25, 0.3) is 0 Å². The van der Waals surface area contributed by atoms with E-state index in [1.54, 1.807) is 12.1 Å². The second-order valence-corrected chi connectivity index (χ2v) is 13.7. The largest absolute Gasteiger partial charge is 0.504 e. The summed E-state index contributed by atoms with van der Waals surface area (Å²) in [6.07, 6.45) is 1.65. The van der Waals surface area contributed by atoms with Gasteiger partial charge in [0.1, 0.15) is 0 Å². The normalized spacial score (nSPS) is 31.6. The van der Waals surface area contributed by atoms with Gasteiger partial charge in [-0.25, -0.2) is 0 Å². The summed E-state index contributed by atoms with van der Waals surface area (Å²) in [6.45, 7) is 0. The van der Waals surface area contributed by atoms with Crippen molar-refractivity contribution in [2.24, 2.45) is 17.8 Å². The zero-order valence-electron chi connectivity index (χ0n) is 22.3. The molecule has 3 N–H and O–H groups in total. The third-order valence-electron chi connectivity index (χ3n) is 9.04. The molecule has 2 aromatic carbocycles. The minimum absolute atomic E-state index is 0.0830. The average Bonchev–Trinajstić information content (AvgIpc) is 3.31. The fourth-order valence-corrected chi connectivity index (χ4v) is 9.02. The van der Waals surface area contributed by atoms with Gasteiger partial charge < -0.3 is 19.9 Å². The van der Waals surface area contributed by atoms with E-state index in [9.17, 15) is 34.3 Å². The van der Waals surface area contributed by atoms with Crippen LogP contribution in [-0.4, -0.2) is 73.1 Å². The number of halogens is 4. The third-order valence-corrected chi connectivity index (χ3v) is 11.4. The molecule has 224 valence electrons. The first kappa shape index (κ1) is 30.6. The number of phenolic OH excluding ortho intramolecular Hbond substituents is 1. The van der Waals surface area contributed by atoms with Crippen molar-refractivity contribution in [3.63, 3.8) is 0 Å². The van der Waals surface area contributed by atoms with Crippen LogP contribution in [0, 0.1) is 17.8 Å². The van der Waals surface area contributed by atoms with Crippen molar-refractivity contribution in [2.45, 2.75) is 28.5 Å². The van der Waals surface area contributed by atoms with Crippen LogP contribution in [0.2, 0.25) is 0 Å². The Balaban J connectivity index is 1.54.